The summed E-state index contributed by atoms with van der Waals surface area (Å²) in [6.07, 6.45) is 1.89. The number of rotatable bonds is 7. The van der Waals surface area contributed by atoms with Crippen molar-refractivity contribution in [3.8, 4) is 61.8 Å². The molecule has 9 aromatic carbocycles. The maximum absolute atomic E-state index is 5.36. The molecule has 0 fully saturated rings. The molecule has 5 nitrogen and oxygen atoms in total. The summed E-state index contributed by atoms with van der Waals surface area (Å²) in [5.41, 5.74) is 19.0. The fraction of sp³-hybridized carbons (Fsp3) is 0. The Bertz CT molecular complexity index is 4220. The second-order valence-electron chi connectivity index (χ2n) is 17.8. The largest absolute Gasteiger partial charge is 0.309 e. The fourth-order valence-electron chi connectivity index (χ4n) is 10.7. The summed E-state index contributed by atoms with van der Waals surface area (Å²) in [4.78, 5) is 10.2. The van der Waals surface area contributed by atoms with Crippen LogP contribution in [0.3, 0.4) is 0 Å². The number of aromatic nitrogens is 5. The standard InChI is InChI=1S/C64H41N5/c1-4-15-42(16-5-1)48-39-56(44-17-6-2-7-18-44)66-63(41-48)69-58-24-13-11-22-52(58)54-37-46(30-34-59(54)69)47-28-33-53-51-21-10-12-23-57(51)68(62(53)40-47)50-31-26-43(27-32-50)45-29-35-60-55(38-45)64-61(25-14-36-65-64)67(60)49-19-8-3-9-20-49/h1-41H. The van der Waals surface area contributed by atoms with E-state index in [0.717, 1.165) is 94.8 Å². The zero-order valence-electron chi connectivity index (χ0n) is 37.4. The first-order valence-corrected chi connectivity index (χ1v) is 23.5. The van der Waals surface area contributed by atoms with Crippen molar-refractivity contribution >= 4 is 65.5 Å². The van der Waals surface area contributed by atoms with Gasteiger partial charge in [-0.15, -0.1) is 0 Å². The van der Waals surface area contributed by atoms with Gasteiger partial charge in [-0.25, -0.2) is 4.98 Å². The Hall–Kier alpha value is -9.32. The summed E-state index contributed by atoms with van der Waals surface area (Å²) < 4.78 is 7.05. The van der Waals surface area contributed by atoms with Crippen LogP contribution < -0.4 is 0 Å². The van der Waals surface area contributed by atoms with Crippen LogP contribution in [0.15, 0.2) is 249 Å². The molecule has 0 aliphatic rings. The number of nitrogens with zero attached hydrogens (tertiary/aromatic N) is 5. The quantitative estimate of drug-likeness (QED) is 0.160. The summed E-state index contributed by atoms with van der Waals surface area (Å²) in [6, 6.07) is 87.3. The van der Waals surface area contributed by atoms with E-state index in [0.29, 0.717) is 0 Å². The summed E-state index contributed by atoms with van der Waals surface area (Å²) >= 11 is 0. The van der Waals surface area contributed by atoms with Gasteiger partial charge in [-0.2, -0.15) is 0 Å². The van der Waals surface area contributed by atoms with Crippen LogP contribution in [-0.2, 0) is 0 Å². The van der Waals surface area contributed by atoms with Crippen LogP contribution in [0.2, 0.25) is 0 Å². The van der Waals surface area contributed by atoms with Gasteiger partial charge < -0.3 is 9.13 Å². The predicted molar refractivity (Wildman–Crippen MR) is 287 cm³/mol. The van der Waals surface area contributed by atoms with Gasteiger partial charge in [0.15, 0.2) is 0 Å². The zero-order chi connectivity index (χ0) is 45.4. The molecular weight excluding hydrogens is 839 g/mol. The van der Waals surface area contributed by atoms with Crippen molar-refractivity contribution in [1.29, 1.82) is 0 Å². The van der Waals surface area contributed by atoms with Gasteiger partial charge >= 0.3 is 0 Å². The number of pyridine rings is 2. The topological polar surface area (TPSA) is 40.6 Å². The molecule has 14 rings (SSSR count). The van der Waals surface area contributed by atoms with Gasteiger partial charge in [0, 0.05) is 50.1 Å². The molecule has 0 spiro atoms. The third-order valence-corrected chi connectivity index (χ3v) is 13.9. The van der Waals surface area contributed by atoms with E-state index in [1.54, 1.807) is 0 Å². The van der Waals surface area contributed by atoms with Crippen LogP contribution in [0.25, 0.3) is 127 Å². The highest BCUT2D eigenvalue weighted by Crippen LogP contribution is 2.40. The van der Waals surface area contributed by atoms with Gasteiger partial charge in [-0.3, -0.25) is 9.55 Å². The predicted octanol–water partition coefficient (Wildman–Crippen LogP) is 16.4. The molecule has 5 heterocycles. The number of para-hydroxylation sites is 3. The van der Waals surface area contributed by atoms with Crippen molar-refractivity contribution in [1.82, 2.24) is 23.7 Å². The molecular formula is C64H41N5. The second-order valence-corrected chi connectivity index (χ2v) is 17.8. The second kappa shape index (κ2) is 15.7. The van der Waals surface area contributed by atoms with E-state index in [2.05, 4.69) is 250 Å². The van der Waals surface area contributed by atoms with E-state index in [-0.39, 0.29) is 0 Å². The van der Waals surface area contributed by atoms with Crippen LogP contribution in [0, 0.1) is 0 Å². The SMILES string of the molecule is c1ccc(-c2cc(-c3ccccc3)nc(-n3c4ccccc4c4cc(-c5ccc6c7ccccc7n(-c7ccc(-c8ccc9c(c8)c8ncccc8n9-c8ccccc8)cc7)c6c5)ccc43)c2)cc1. The highest BCUT2D eigenvalue weighted by molar-refractivity contribution is 6.13. The minimum absolute atomic E-state index is 0.888. The van der Waals surface area contributed by atoms with Crippen molar-refractivity contribution < 1.29 is 0 Å². The average molecular weight is 880 g/mol. The molecule has 0 aliphatic heterocycles. The number of hydrogen-bond donors (Lipinski definition) is 0. The van der Waals surface area contributed by atoms with Gasteiger partial charge in [-0.1, -0.05) is 152 Å². The molecule has 0 saturated heterocycles. The molecule has 0 aliphatic carbocycles. The molecule has 0 radical (unpaired) electrons. The molecule has 5 heteroatoms. The molecule has 0 atom stereocenters. The van der Waals surface area contributed by atoms with E-state index in [1.807, 2.05) is 12.3 Å². The smallest absolute Gasteiger partial charge is 0.138 e. The number of fused-ring (bicyclic) bond motifs is 9. The van der Waals surface area contributed by atoms with E-state index in [1.165, 1.54) is 32.6 Å². The molecule has 0 saturated carbocycles. The minimum atomic E-state index is 0.888. The Balaban J connectivity index is 0.877. The van der Waals surface area contributed by atoms with E-state index < -0.39 is 0 Å². The Kier molecular flexibility index (Phi) is 8.83. The van der Waals surface area contributed by atoms with Crippen molar-refractivity contribution in [3.63, 3.8) is 0 Å². The summed E-state index contributed by atoms with van der Waals surface area (Å²) in [6.45, 7) is 0. The van der Waals surface area contributed by atoms with Crippen LogP contribution in [0.4, 0.5) is 0 Å². The normalized spacial score (nSPS) is 11.8. The lowest BCUT2D eigenvalue weighted by Crippen LogP contribution is -2.00. The lowest BCUT2D eigenvalue weighted by molar-refractivity contribution is 1.08. The summed E-state index contributed by atoms with van der Waals surface area (Å²) in [5, 5.41) is 5.97. The van der Waals surface area contributed by atoms with Crippen LogP contribution in [-0.4, -0.2) is 23.7 Å². The van der Waals surface area contributed by atoms with Crippen molar-refractivity contribution in [3.05, 3.63) is 249 Å². The third-order valence-electron chi connectivity index (χ3n) is 13.9. The van der Waals surface area contributed by atoms with E-state index >= 15 is 0 Å². The van der Waals surface area contributed by atoms with Gasteiger partial charge in [-0.05, 0) is 124 Å². The molecule has 0 amide bonds. The first-order chi connectivity index (χ1) is 34.2. The van der Waals surface area contributed by atoms with Crippen LogP contribution in [0.5, 0.6) is 0 Å². The maximum atomic E-state index is 5.36. The Morgan fingerprint density at radius 3 is 1.51 bits per heavy atom. The van der Waals surface area contributed by atoms with Crippen molar-refractivity contribution in [2.75, 3.05) is 0 Å². The van der Waals surface area contributed by atoms with Gasteiger partial charge in [0.1, 0.15) is 5.82 Å². The highest BCUT2D eigenvalue weighted by atomic mass is 15.1. The Morgan fingerprint density at radius 2 is 0.754 bits per heavy atom. The maximum Gasteiger partial charge on any atom is 0.138 e. The molecule has 14 aromatic rings. The van der Waals surface area contributed by atoms with Crippen LogP contribution in [0.1, 0.15) is 0 Å². The van der Waals surface area contributed by atoms with Crippen molar-refractivity contribution in [2.24, 2.45) is 0 Å². The zero-order valence-corrected chi connectivity index (χ0v) is 37.4. The summed E-state index contributed by atoms with van der Waals surface area (Å²) in [5.74, 6) is 0.888. The third kappa shape index (κ3) is 6.32. The summed E-state index contributed by atoms with van der Waals surface area (Å²) in [7, 11) is 0. The molecule has 0 unspecified atom stereocenters. The first-order valence-electron chi connectivity index (χ1n) is 23.5. The first kappa shape index (κ1) is 38.9. The Labute approximate surface area is 398 Å². The van der Waals surface area contributed by atoms with Gasteiger partial charge in [0.05, 0.1) is 44.3 Å². The van der Waals surface area contributed by atoms with Crippen LogP contribution >= 0.6 is 0 Å². The van der Waals surface area contributed by atoms with E-state index in [4.69, 9.17) is 9.97 Å². The van der Waals surface area contributed by atoms with E-state index in [9.17, 15) is 0 Å². The van der Waals surface area contributed by atoms with Gasteiger partial charge in [0.2, 0.25) is 0 Å². The lowest BCUT2D eigenvalue weighted by atomic mass is 10.0. The molecule has 0 bridgehead atoms. The molecule has 0 N–H and O–H groups in total. The fourth-order valence-corrected chi connectivity index (χ4v) is 10.7. The molecule has 5 aromatic heterocycles. The highest BCUT2D eigenvalue weighted by Gasteiger charge is 2.19. The molecule has 69 heavy (non-hydrogen) atoms. The van der Waals surface area contributed by atoms with Gasteiger partial charge in [0.25, 0.3) is 0 Å². The Morgan fingerprint density at radius 1 is 0.261 bits per heavy atom. The molecule has 322 valence electrons. The van der Waals surface area contributed by atoms with Crippen molar-refractivity contribution in [2.45, 2.75) is 0 Å². The number of hydrogen-bond acceptors (Lipinski definition) is 2. The minimum Gasteiger partial charge on any atom is -0.309 e. The monoisotopic (exact) mass is 879 g/mol. The lowest BCUT2D eigenvalue weighted by Gasteiger charge is -2.13. The average Bonchev–Trinajstić information content (AvgIpc) is 4.06. The number of benzene rings is 9.